The minimum Gasteiger partial charge on any atom is -0.224 e. The molecule has 1 aromatic rings. The summed E-state index contributed by atoms with van der Waals surface area (Å²) in [4.78, 5) is 0.389. The third-order valence-corrected chi connectivity index (χ3v) is 5.41. The van der Waals surface area contributed by atoms with Crippen molar-refractivity contribution in [3.05, 3.63) is 29.3 Å². The highest BCUT2D eigenvalue weighted by Crippen LogP contribution is 2.17. The Balaban J connectivity index is 3.25. The Morgan fingerprint density at radius 2 is 1.84 bits per heavy atom. The first kappa shape index (κ1) is 16.0. The Morgan fingerprint density at radius 1 is 1.21 bits per heavy atom. The normalized spacial score (nSPS) is 11.8. The Bertz CT molecular complexity index is 614. The van der Waals surface area contributed by atoms with Gasteiger partial charge in [0.15, 0.2) is 9.84 Å². The van der Waals surface area contributed by atoms with Crippen LogP contribution in [-0.4, -0.2) is 22.2 Å². The van der Waals surface area contributed by atoms with Crippen LogP contribution in [-0.2, 0) is 9.84 Å². The zero-order valence-electron chi connectivity index (χ0n) is 12.4. The van der Waals surface area contributed by atoms with Gasteiger partial charge in [-0.15, -0.1) is 5.54 Å². The van der Waals surface area contributed by atoms with Gasteiger partial charge in [0.2, 0.25) is 0 Å². The number of sulfone groups is 1. The first-order valence-electron chi connectivity index (χ1n) is 6.52. The zero-order chi connectivity index (χ0) is 14.7. The van der Waals surface area contributed by atoms with E-state index in [1.54, 1.807) is 12.1 Å². The quantitative estimate of drug-likeness (QED) is 0.632. The van der Waals surface area contributed by atoms with E-state index >= 15 is 0 Å². The van der Waals surface area contributed by atoms with Gasteiger partial charge in [0.25, 0.3) is 0 Å². The van der Waals surface area contributed by atoms with Gasteiger partial charge in [-0.25, -0.2) is 8.42 Å². The molecule has 0 aliphatic heterocycles. The molecule has 0 saturated heterocycles. The fraction of sp³-hybridized carbons (Fsp3) is 0.467. The van der Waals surface area contributed by atoms with E-state index in [9.17, 15) is 8.42 Å². The average molecular weight is 294 g/mol. The summed E-state index contributed by atoms with van der Waals surface area (Å²) in [5.74, 6) is 3.35. The molecule has 0 bridgehead atoms. The summed E-state index contributed by atoms with van der Waals surface area (Å²) in [7, 11) is -4.61. The van der Waals surface area contributed by atoms with Crippen LogP contribution >= 0.6 is 0 Å². The lowest BCUT2D eigenvalue weighted by Gasteiger charge is -2.07. The standard InChI is InChI=1S/C15H22O2SSi/c1-6-10-18(16,17)15-8-7-13(2)14(12-15)9-11-19(3,4)5/h7-8,12H,6,10H2,1-5H3. The van der Waals surface area contributed by atoms with Crippen molar-refractivity contribution < 1.29 is 8.42 Å². The zero-order valence-corrected chi connectivity index (χ0v) is 14.2. The first-order valence-corrected chi connectivity index (χ1v) is 11.7. The van der Waals surface area contributed by atoms with Crippen LogP contribution in [0.4, 0.5) is 0 Å². The second kappa shape index (κ2) is 5.94. The van der Waals surface area contributed by atoms with Gasteiger partial charge < -0.3 is 0 Å². The van der Waals surface area contributed by atoms with Gasteiger partial charge in [0.1, 0.15) is 8.07 Å². The molecule has 4 heteroatoms. The molecule has 0 heterocycles. The van der Waals surface area contributed by atoms with Crippen LogP contribution in [0.2, 0.25) is 19.6 Å². The van der Waals surface area contributed by atoms with Crippen molar-refractivity contribution in [3.8, 4) is 11.5 Å². The van der Waals surface area contributed by atoms with Crippen molar-refractivity contribution in [2.24, 2.45) is 0 Å². The third kappa shape index (κ3) is 4.85. The van der Waals surface area contributed by atoms with Crippen molar-refractivity contribution in [3.63, 3.8) is 0 Å². The van der Waals surface area contributed by atoms with E-state index in [0.717, 1.165) is 11.1 Å². The van der Waals surface area contributed by atoms with Crippen LogP contribution in [0.3, 0.4) is 0 Å². The van der Waals surface area contributed by atoms with E-state index in [1.807, 2.05) is 19.9 Å². The summed E-state index contributed by atoms with van der Waals surface area (Å²) < 4.78 is 24.1. The van der Waals surface area contributed by atoms with Gasteiger partial charge in [0.05, 0.1) is 10.6 Å². The van der Waals surface area contributed by atoms with Crippen LogP contribution in [0.1, 0.15) is 24.5 Å². The Hall–Kier alpha value is -1.05. The van der Waals surface area contributed by atoms with Gasteiger partial charge in [-0.1, -0.05) is 38.6 Å². The second-order valence-corrected chi connectivity index (χ2v) is 12.7. The Labute approximate surface area is 118 Å². The average Bonchev–Trinajstić information content (AvgIpc) is 2.26. The van der Waals surface area contributed by atoms with Gasteiger partial charge in [-0.2, -0.15) is 0 Å². The van der Waals surface area contributed by atoms with Crippen LogP contribution in [0.15, 0.2) is 23.1 Å². The maximum atomic E-state index is 12.1. The van der Waals surface area contributed by atoms with Crippen molar-refractivity contribution in [2.45, 2.75) is 44.8 Å². The molecule has 0 unspecified atom stereocenters. The Kier molecular flexibility index (Phi) is 5.00. The van der Waals surface area contributed by atoms with Crippen molar-refractivity contribution in [2.75, 3.05) is 5.75 Å². The summed E-state index contributed by atoms with van der Waals surface area (Å²) in [6.45, 7) is 10.4. The summed E-state index contributed by atoms with van der Waals surface area (Å²) in [5, 5.41) is 0. The maximum Gasteiger partial charge on any atom is 0.178 e. The molecule has 0 aromatic heterocycles. The van der Waals surface area contributed by atoms with E-state index in [0.29, 0.717) is 11.3 Å². The molecule has 1 aromatic carbocycles. The fourth-order valence-corrected chi connectivity index (χ4v) is 3.43. The van der Waals surface area contributed by atoms with E-state index in [-0.39, 0.29) is 5.75 Å². The van der Waals surface area contributed by atoms with Gasteiger partial charge in [-0.3, -0.25) is 0 Å². The molecule has 2 nitrogen and oxygen atoms in total. The summed E-state index contributed by atoms with van der Waals surface area (Å²) in [6, 6.07) is 5.24. The van der Waals surface area contributed by atoms with E-state index in [1.165, 1.54) is 0 Å². The molecule has 0 amide bonds. The minimum atomic E-state index is -3.16. The molecule has 0 fully saturated rings. The molecule has 19 heavy (non-hydrogen) atoms. The van der Waals surface area contributed by atoms with Gasteiger partial charge in [0, 0.05) is 5.56 Å². The van der Waals surface area contributed by atoms with Crippen LogP contribution in [0.5, 0.6) is 0 Å². The van der Waals surface area contributed by atoms with Gasteiger partial charge >= 0.3 is 0 Å². The molecule has 104 valence electrons. The molecule has 0 radical (unpaired) electrons. The smallest absolute Gasteiger partial charge is 0.178 e. The topological polar surface area (TPSA) is 34.1 Å². The van der Waals surface area contributed by atoms with Crippen LogP contribution in [0, 0.1) is 18.4 Å². The first-order chi connectivity index (χ1) is 8.65. The lowest BCUT2D eigenvalue weighted by Crippen LogP contribution is -2.16. The second-order valence-electron chi connectivity index (χ2n) is 5.80. The SMILES string of the molecule is CCCS(=O)(=O)c1ccc(C)c(C#C[Si](C)(C)C)c1. The molecular weight excluding hydrogens is 272 g/mol. The number of hydrogen-bond donors (Lipinski definition) is 0. The van der Waals surface area contributed by atoms with Crippen molar-refractivity contribution >= 4 is 17.9 Å². The van der Waals surface area contributed by atoms with E-state index < -0.39 is 17.9 Å². The van der Waals surface area contributed by atoms with Crippen LogP contribution < -0.4 is 0 Å². The summed E-state index contributed by atoms with van der Waals surface area (Å²) in [5.41, 5.74) is 5.15. The van der Waals surface area contributed by atoms with E-state index in [4.69, 9.17) is 0 Å². The number of rotatable bonds is 3. The highest BCUT2D eigenvalue weighted by molar-refractivity contribution is 7.91. The van der Waals surface area contributed by atoms with E-state index in [2.05, 4.69) is 31.1 Å². The number of benzene rings is 1. The fourth-order valence-electron chi connectivity index (χ4n) is 1.57. The molecule has 0 aliphatic carbocycles. The predicted octanol–water partition coefficient (Wildman–Crippen LogP) is 3.41. The van der Waals surface area contributed by atoms with Gasteiger partial charge in [-0.05, 0) is 31.0 Å². The molecule has 0 N–H and O–H groups in total. The third-order valence-electron chi connectivity index (χ3n) is 2.61. The number of hydrogen-bond acceptors (Lipinski definition) is 2. The number of aryl methyl sites for hydroxylation is 1. The largest absolute Gasteiger partial charge is 0.224 e. The molecule has 0 aliphatic rings. The highest BCUT2D eigenvalue weighted by Gasteiger charge is 2.14. The molecule has 0 saturated carbocycles. The molecule has 0 spiro atoms. The molecule has 0 atom stereocenters. The van der Waals surface area contributed by atoms with Crippen LogP contribution in [0.25, 0.3) is 0 Å². The molecular formula is C15H22O2SSi. The van der Waals surface area contributed by atoms with Crippen molar-refractivity contribution in [1.29, 1.82) is 0 Å². The summed E-state index contributed by atoms with van der Waals surface area (Å²) >= 11 is 0. The monoisotopic (exact) mass is 294 g/mol. The maximum absolute atomic E-state index is 12.1. The highest BCUT2D eigenvalue weighted by atomic mass is 32.2. The van der Waals surface area contributed by atoms with Crippen molar-refractivity contribution in [1.82, 2.24) is 0 Å². The Morgan fingerprint density at radius 3 is 2.37 bits per heavy atom. The molecule has 1 rings (SSSR count). The summed E-state index contributed by atoms with van der Waals surface area (Å²) in [6.07, 6.45) is 0.631. The lowest BCUT2D eigenvalue weighted by molar-refractivity contribution is 0.594. The predicted molar refractivity (Wildman–Crippen MR) is 83.7 cm³/mol. The lowest BCUT2D eigenvalue weighted by atomic mass is 10.1. The minimum absolute atomic E-state index is 0.191.